The smallest absolute Gasteiger partial charge is 0.246 e. The molecule has 0 bridgehead atoms. The molecule has 2 aromatic carbocycles. The SMILES string of the molecule is Cc1cc(Nc2n[nH]c(-c3ccc(F)c(F)c3)n2)cc(OCC2CCCCO2)c1. The van der Waals surface area contributed by atoms with Crippen molar-refractivity contribution in [1.82, 2.24) is 15.2 Å². The van der Waals surface area contributed by atoms with E-state index in [-0.39, 0.29) is 6.10 Å². The van der Waals surface area contributed by atoms with Crippen LogP contribution >= 0.6 is 0 Å². The molecule has 0 radical (unpaired) electrons. The van der Waals surface area contributed by atoms with Crippen LogP contribution in [0.3, 0.4) is 0 Å². The number of halogens is 2. The maximum Gasteiger partial charge on any atom is 0.246 e. The molecule has 29 heavy (non-hydrogen) atoms. The molecule has 2 heterocycles. The van der Waals surface area contributed by atoms with Gasteiger partial charge in [-0.3, -0.25) is 5.10 Å². The van der Waals surface area contributed by atoms with Crippen LogP contribution in [0.25, 0.3) is 11.4 Å². The summed E-state index contributed by atoms with van der Waals surface area (Å²) in [6.07, 6.45) is 3.42. The molecule has 0 spiro atoms. The van der Waals surface area contributed by atoms with Gasteiger partial charge in [0.2, 0.25) is 5.95 Å². The Bertz CT molecular complexity index is 987. The molecule has 152 valence electrons. The fourth-order valence-corrected chi connectivity index (χ4v) is 3.25. The molecule has 3 aromatic rings. The number of aryl methyl sites for hydroxylation is 1. The molecular formula is C21H22F2N4O2. The molecule has 1 aliphatic rings. The van der Waals surface area contributed by atoms with Crippen LogP contribution < -0.4 is 10.1 Å². The molecule has 2 N–H and O–H groups in total. The highest BCUT2D eigenvalue weighted by Gasteiger charge is 2.15. The van der Waals surface area contributed by atoms with Gasteiger partial charge >= 0.3 is 0 Å². The van der Waals surface area contributed by atoms with E-state index in [1.807, 2.05) is 25.1 Å². The van der Waals surface area contributed by atoms with Gasteiger partial charge in [-0.1, -0.05) is 0 Å². The summed E-state index contributed by atoms with van der Waals surface area (Å²) in [7, 11) is 0. The van der Waals surface area contributed by atoms with E-state index in [4.69, 9.17) is 9.47 Å². The lowest BCUT2D eigenvalue weighted by molar-refractivity contribution is -0.0110. The summed E-state index contributed by atoms with van der Waals surface area (Å²) in [5, 5.41) is 9.93. The molecule has 0 aliphatic carbocycles. The molecule has 1 aromatic heterocycles. The van der Waals surface area contributed by atoms with Gasteiger partial charge in [0.25, 0.3) is 0 Å². The zero-order valence-corrected chi connectivity index (χ0v) is 16.0. The van der Waals surface area contributed by atoms with Gasteiger partial charge in [-0.2, -0.15) is 4.98 Å². The molecule has 0 amide bonds. The minimum absolute atomic E-state index is 0.132. The molecule has 8 heteroatoms. The van der Waals surface area contributed by atoms with Gasteiger partial charge in [-0.05, 0) is 62.1 Å². The number of nitrogens with one attached hydrogen (secondary N) is 2. The Hall–Kier alpha value is -3.00. The topological polar surface area (TPSA) is 72.1 Å². The molecule has 1 unspecified atom stereocenters. The number of aromatic amines is 1. The number of H-pyrrole nitrogens is 1. The summed E-state index contributed by atoms with van der Waals surface area (Å²) in [5.74, 6) is -0.451. The Labute approximate surface area is 167 Å². The van der Waals surface area contributed by atoms with Gasteiger partial charge in [0.1, 0.15) is 12.4 Å². The lowest BCUT2D eigenvalue weighted by Gasteiger charge is -2.22. The fraction of sp³-hybridized carbons (Fsp3) is 0.333. The standard InChI is InChI=1S/C21H22F2N4O2/c1-13-8-15(11-17(9-13)29-12-16-4-2-3-7-28-16)24-21-25-20(26-27-21)14-5-6-18(22)19(23)10-14/h5-6,8-11,16H,2-4,7,12H2,1H3,(H2,24,25,26,27). The van der Waals surface area contributed by atoms with E-state index < -0.39 is 11.6 Å². The molecular weight excluding hydrogens is 378 g/mol. The highest BCUT2D eigenvalue weighted by molar-refractivity contribution is 5.61. The van der Waals surface area contributed by atoms with Crippen molar-refractivity contribution < 1.29 is 18.3 Å². The molecule has 1 fully saturated rings. The highest BCUT2D eigenvalue weighted by Crippen LogP contribution is 2.25. The summed E-state index contributed by atoms with van der Waals surface area (Å²) in [6, 6.07) is 9.33. The number of anilines is 2. The van der Waals surface area contributed by atoms with E-state index in [9.17, 15) is 8.78 Å². The van der Waals surface area contributed by atoms with Crippen molar-refractivity contribution in [3.63, 3.8) is 0 Å². The van der Waals surface area contributed by atoms with Gasteiger partial charge in [-0.15, -0.1) is 5.10 Å². The van der Waals surface area contributed by atoms with Crippen molar-refractivity contribution in [3.8, 4) is 17.1 Å². The number of benzene rings is 2. The molecule has 4 rings (SSSR count). The van der Waals surface area contributed by atoms with Crippen LogP contribution in [-0.4, -0.2) is 34.5 Å². The van der Waals surface area contributed by atoms with Crippen LogP contribution in [0.2, 0.25) is 0 Å². The van der Waals surface area contributed by atoms with Crippen molar-refractivity contribution in [1.29, 1.82) is 0 Å². The van der Waals surface area contributed by atoms with Gasteiger partial charge in [-0.25, -0.2) is 8.78 Å². The first-order valence-corrected chi connectivity index (χ1v) is 9.58. The maximum absolute atomic E-state index is 13.4. The number of hydrogen-bond donors (Lipinski definition) is 2. The predicted molar refractivity (Wildman–Crippen MR) is 105 cm³/mol. The third kappa shape index (κ3) is 4.89. The molecule has 1 saturated heterocycles. The minimum Gasteiger partial charge on any atom is -0.491 e. The minimum atomic E-state index is -0.934. The van der Waals surface area contributed by atoms with Crippen LogP contribution in [0.5, 0.6) is 5.75 Å². The van der Waals surface area contributed by atoms with Crippen molar-refractivity contribution in [2.75, 3.05) is 18.5 Å². The Morgan fingerprint density at radius 2 is 2.07 bits per heavy atom. The van der Waals surface area contributed by atoms with E-state index in [0.29, 0.717) is 23.9 Å². The number of aromatic nitrogens is 3. The van der Waals surface area contributed by atoms with E-state index in [1.165, 1.54) is 12.5 Å². The lowest BCUT2D eigenvalue weighted by Crippen LogP contribution is -2.25. The van der Waals surface area contributed by atoms with Gasteiger partial charge < -0.3 is 14.8 Å². The van der Waals surface area contributed by atoms with Crippen molar-refractivity contribution in [3.05, 3.63) is 53.6 Å². The van der Waals surface area contributed by atoms with E-state index >= 15 is 0 Å². The first-order chi connectivity index (χ1) is 14.1. The van der Waals surface area contributed by atoms with Gasteiger partial charge in [0.05, 0.1) is 6.10 Å². The summed E-state index contributed by atoms with van der Waals surface area (Å²) >= 11 is 0. The third-order valence-corrected chi connectivity index (χ3v) is 4.70. The van der Waals surface area contributed by atoms with E-state index in [1.54, 1.807) is 0 Å². The van der Waals surface area contributed by atoms with Crippen LogP contribution in [-0.2, 0) is 4.74 Å². The number of hydrogen-bond acceptors (Lipinski definition) is 5. The summed E-state index contributed by atoms with van der Waals surface area (Å²) < 4.78 is 38.2. The Balaban J connectivity index is 1.44. The van der Waals surface area contributed by atoms with Gasteiger partial charge in [0, 0.05) is 23.9 Å². The van der Waals surface area contributed by atoms with Crippen molar-refractivity contribution >= 4 is 11.6 Å². The second-order valence-corrected chi connectivity index (χ2v) is 7.10. The van der Waals surface area contributed by atoms with Crippen LogP contribution in [0.1, 0.15) is 24.8 Å². The quantitative estimate of drug-likeness (QED) is 0.625. The zero-order chi connectivity index (χ0) is 20.2. The number of ether oxygens (including phenoxy) is 2. The lowest BCUT2D eigenvalue weighted by atomic mass is 10.1. The average molecular weight is 400 g/mol. The summed E-state index contributed by atoms with van der Waals surface area (Å²) in [6.45, 7) is 3.28. The third-order valence-electron chi connectivity index (χ3n) is 4.70. The van der Waals surface area contributed by atoms with E-state index in [2.05, 4.69) is 20.5 Å². The Kier molecular flexibility index (Phi) is 5.71. The first kappa shape index (κ1) is 19.3. The van der Waals surface area contributed by atoms with Crippen LogP contribution in [0, 0.1) is 18.6 Å². The fourth-order valence-electron chi connectivity index (χ4n) is 3.25. The Morgan fingerprint density at radius 3 is 2.86 bits per heavy atom. The molecule has 6 nitrogen and oxygen atoms in total. The monoisotopic (exact) mass is 400 g/mol. The molecule has 1 atom stereocenters. The predicted octanol–water partition coefficient (Wildman–Crippen LogP) is 4.75. The second kappa shape index (κ2) is 8.57. The highest BCUT2D eigenvalue weighted by atomic mass is 19.2. The average Bonchev–Trinajstić information content (AvgIpc) is 3.17. The van der Waals surface area contributed by atoms with Crippen molar-refractivity contribution in [2.45, 2.75) is 32.3 Å². The Morgan fingerprint density at radius 1 is 1.17 bits per heavy atom. The maximum atomic E-state index is 13.4. The van der Waals surface area contributed by atoms with Gasteiger partial charge in [0.15, 0.2) is 17.5 Å². The van der Waals surface area contributed by atoms with E-state index in [0.717, 1.165) is 48.6 Å². The molecule has 0 saturated carbocycles. The van der Waals surface area contributed by atoms with Crippen LogP contribution in [0.4, 0.5) is 20.4 Å². The first-order valence-electron chi connectivity index (χ1n) is 9.58. The normalized spacial score (nSPS) is 16.6. The van der Waals surface area contributed by atoms with Crippen molar-refractivity contribution in [2.24, 2.45) is 0 Å². The zero-order valence-electron chi connectivity index (χ0n) is 16.0. The number of nitrogens with zero attached hydrogens (tertiary/aromatic N) is 2. The summed E-state index contributed by atoms with van der Waals surface area (Å²) in [4.78, 5) is 4.30. The molecule has 1 aliphatic heterocycles. The largest absolute Gasteiger partial charge is 0.491 e. The second-order valence-electron chi connectivity index (χ2n) is 7.10. The number of rotatable bonds is 6. The summed E-state index contributed by atoms with van der Waals surface area (Å²) in [5.41, 5.74) is 2.19. The van der Waals surface area contributed by atoms with Crippen LogP contribution in [0.15, 0.2) is 36.4 Å².